The van der Waals surface area contributed by atoms with Crippen molar-refractivity contribution in [2.75, 3.05) is 0 Å². The lowest BCUT2D eigenvalue weighted by Gasteiger charge is -2.33. The molecule has 0 N–H and O–H groups in total. The monoisotopic (exact) mass is 278 g/mol. The summed E-state index contributed by atoms with van der Waals surface area (Å²) < 4.78 is 5.77. The van der Waals surface area contributed by atoms with Crippen molar-refractivity contribution >= 4 is 8.32 Å². The van der Waals surface area contributed by atoms with Gasteiger partial charge in [-0.1, -0.05) is 25.5 Å². The second kappa shape index (κ2) is 6.13. The van der Waals surface area contributed by atoms with E-state index in [2.05, 4.69) is 59.5 Å². The molecule has 1 aliphatic carbocycles. The summed E-state index contributed by atoms with van der Waals surface area (Å²) in [5.41, 5.74) is 4.67. The van der Waals surface area contributed by atoms with Crippen LogP contribution in [0.2, 0.25) is 19.6 Å². The Kier molecular flexibility index (Phi) is 5.25. The highest BCUT2D eigenvalue weighted by molar-refractivity contribution is 6.69. The van der Waals surface area contributed by atoms with E-state index in [9.17, 15) is 0 Å². The Bertz CT molecular complexity index is 405. The summed E-state index contributed by atoms with van der Waals surface area (Å²) in [5, 5.41) is 0. The zero-order chi connectivity index (χ0) is 14.7. The molecule has 0 aromatic heterocycles. The fourth-order valence-corrected chi connectivity index (χ4v) is 3.06. The first-order valence-corrected chi connectivity index (χ1v) is 10.8. The molecule has 1 rings (SSSR count). The summed E-state index contributed by atoms with van der Waals surface area (Å²) in [5.74, 6) is 0. The lowest BCUT2D eigenvalue weighted by atomic mass is 9.72. The van der Waals surface area contributed by atoms with Gasteiger partial charge in [0.25, 0.3) is 0 Å². The molecule has 0 bridgehead atoms. The smallest absolute Gasteiger partial charge is 0.241 e. The van der Waals surface area contributed by atoms with Crippen LogP contribution in [0.3, 0.4) is 0 Å². The van der Waals surface area contributed by atoms with Gasteiger partial charge in [0.1, 0.15) is 0 Å². The van der Waals surface area contributed by atoms with Crippen molar-refractivity contribution in [2.24, 2.45) is 5.41 Å². The Labute approximate surface area is 120 Å². The van der Waals surface area contributed by atoms with E-state index >= 15 is 0 Å². The molecule has 0 spiro atoms. The van der Waals surface area contributed by atoms with Crippen molar-refractivity contribution in [3.05, 3.63) is 35.1 Å². The van der Waals surface area contributed by atoms with Crippen molar-refractivity contribution in [1.29, 1.82) is 0 Å². The minimum atomic E-state index is -1.44. The lowest BCUT2D eigenvalue weighted by molar-refractivity contribution is 0.376. The molecule has 0 aromatic rings. The van der Waals surface area contributed by atoms with Gasteiger partial charge in [-0.3, -0.25) is 0 Å². The van der Waals surface area contributed by atoms with E-state index in [1.54, 1.807) is 5.57 Å². The van der Waals surface area contributed by atoms with Crippen LogP contribution in [0.15, 0.2) is 35.1 Å². The minimum absolute atomic E-state index is 0.317. The highest BCUT2D eigenvalue weighted by Gasteiger charge is 2.26. The molecule has 0 heterocycles. The second-order valence-electron chi connectivity index (χ2n) is 7.35. The summed E-state index contributed by atoms with van der Waals surface area (Å²) in [6.07, 6.45) is 10.2. The number of allylic oxidation sites excluding steroid dienone is 5. The molecule has 1 aliphatic rings. The van der Waals surface area contributed by atoms with Gasteiger partial charge in [-0.05, 0) is 75.4 Å². The summed E-state index contributed by atoms with van der Waals surface area (Å²) >= 11 is 0. The van der Waals surface area contributed by atoms with Gasteiger partial charge in [0.05, 0.1) is 6.26 Å². The highest BCUT2D eigenvalue weighted by Crippen LogP contribution is 2.41. The minimum Gasteiger partial charge on any atom is -0.550 e. The molecule has 2 heteroatoms. The van der Waals surface area contributed by atoms with E-state index in [0.717, 1.165) is 0 Å². The first-order valence-electron chi connectivity index (χ1n) is 7.35. The Morgan fingerprint density at radius 3 is 2.42 bits per heavy atom. The van der Waals surface area contributed by atoms with Gasteiger partial charge in [0.2, 0.25) is 8.32 Å². The average Bonchev–Trinajstić information content (AvgIpc) is 2.21. The van der Waals surface area contributed by atoms with Crippen LogP contribution in [0.1, 0.15) is 47.0 Å². The van der Waals surface area contributed by atoms with Crippen molar-refractivity contribution in [3.8, 4) is 0 Å². The molecule has 19 heavy (non-hydrogen) atoms. The summed E-state index contributed by atoms with van der Waals surface area (Å²) in [6.45, 7) is 15.8. The topological polar surface area (TPSA) is 9.23 Å². The van der Waals surface area contributed by atoms with Crippen molar-refractivity contribution in [3.63, 3.8) is 0 Å². The van der Waals surface area contributed by atoms with Crippen LogP contribution >= 0.6 is 0 Å². The summed E-state index contributed by atoms with van der Waals surface area (Å²) in [6, 6.07) is 0. The molecular weight excluding hydrogens is 248 g/mol. The van der Waals surface area contributed by atoms with Gasteiger partial charge < -0.3 is 4.43 Å². The third kappa shape index (κ3) is 5.39. The van der Waals surface area contributed by atoms with Gasteiger partial charge in [-0.25, -0.2) is 0 Å². The van der Waals surface area contributed by atoms with E-state index in [1.165, 1.54) is 30.4 Å². The van der Waals surface area contributed by atoms with Crippen molar-refractivity contribution < 1.29 is 4.43 Å². The normalized spacial score (nSPS) is 21.1. The van der Waals surface area contributed by atoms with Gasteiger partial charge in [0, 0.05) is 0 Å². The molecule has 0 fully saturated rings. The van der Waals surface area contributed by atoms with E-state index in [4.69, 9.17) is 4.43 Å². The van der Waals surface area contributed by atoms with Crippen molar-refractivity contribution in [2.45, 2.75) is 66.6 Å². The third-order valence-electron chi connectivity index (χ3n) is 3.67. The fraction of sp³-hybridized carbons (Fsp3) is 0.647. The maximum Gasteiger partial charge on any atom is 0.241 e. The standard InChI is InChI=1S/C17H30OSi/c1-14(10-12-18-19(5,6)7)13-16-15(2)9-8-11-17(16,3)4/h10,12-13H,8-9,11H2,1-7H3. The summed E-state index contributed by atoms with van der Waals surface area (Å²) in [4.78, 5) is 0. The lowest BCUT2D eigenvalue weighted by Crippen LogP contribution is -2.21. The molecule has 0 aromatic carbocycles. The Morgan fingerprint density at radius 2 is 1.89 bits per heavy atom. The van der Waals surface area contributed by atoms with Crippen LogP contribution < -0.4 is 0 Å². The molecule has 0 saturated heterocycles. The maximum absolute atomic E-state index is 5.77. The molecule has 0 amide bonds. The SMILES string of the molecule is CC(C=CO[Si](C)(C)C)=CC1=C(C)CCCC1(C)C. The van der Waals surface area contributed by atoms with Crippen molar-refractivity contribution in [1.82, 2.24) is 0 Å². The number of hydrogen-bond donors (Lipinski definition) is 0. The molecule has 0 atom stereocenters. The highest BCUT2D eigenvalue weighted by atomic mass is 28.4. The molecular formula is C17H30OSi. The van der Waals surface area contributed by atoms with Crippen LogP contribution in [0.5, 0.6) is 0 Å². The predicted octanol–water partition coefficient (Wildman–Crippen LogP) is 5.82. The zero-order valence-corrected chi connectivity index (χ0v) is 14.8. The van der Waals surface area contributed by atoms with E-state index in [0.29, 0.717) is 5.41 Å². The fourth-order valence-electron chi connectivity index (χ4n) is 2.58. The predicted molar refractivity (Wildman–Crippen MR) is 87.7 cm³/mol. The van der Waals surface area contributed by atoms with Gasteiger partial charge in [-0.15, -0.1) is 0 Å². The molecule has 0 unspecified atom stereocenters. The first-order chi connectivity index (χ1) is 8.62. The Morgan fingerprint density at radius 1 is 1.26 bits per heavy atom. The molecule has 0 aliphatic heterocycles. The van der Waals surface area contributed by atoms with Gasteiger partial charge >= 0.3 is 0 Å². The third-order valence-corrected chi connectivity index (χ3v) is 4.51. The molecule has 108 valence electrons. The van der Waals surface area contributed by atoms with Crippen LogP contribution in [-0.4, -0.2) is 8.32 Å². The first kappa shape index (κ1) is 16.3. The maximum atomic E-state index is 5.77. The van der Waals surface area contributed by atoms with Crippen LogP contribution in [0.25, 0.3) is 0 Å². The van der Waals surface area contributed by atoms with E-state index in [1.807, 2.05) is 6.26 Å². The quantitative estimate of drug-likeness (QED) is 0.357. The molecule has 1 nitrogen and oxygen atoms in total. The second-order valence-corrected chi connectivity index (χ2v) is 11.8. The van der Waals surface area contributed by atoms with Gasteiger partial charge in [0.15, 0.2) is 0 Å². The average molecular weight is 279 g/mol. The Hall–Kier alpha value is -0.763. The molecule has 0 radical (unpaired) electrons. The van der Waals surface area contributed by atoms with Crippen LogP contribution in [0.4, 0.5) is 0 Å². The van der Waals surface area contributed by atoms with Crippen LogP contribution in [-0.2, 0) is 4.43 Å². The van der Waals surface area contributed by atoms with E-state index in [-0.39, 0.29) is 0 Å². The summed E-state index contributed by atoms with van der Waals surface area (Å²) in [7, 11) is -1.44. The molecule has 0 saturated carbocycles. The Balaban J connectivity index is 2.83. The largest absolute Gasteiger partial charge is 0.550 e. The number of hydrogen-bond acceptors (Lipinski definition) is 1. The van der Waals surface area contributed by atoms with Gasteiger partial charge in [-0.2, -0.15) is 0 Å². The zero-order valence-electron chi connectivity index (χ0n) is 13.8. The van der Waals surface area contributed by atoms with Crippen LogP contribution in [0, 0.1) is 5.41 Å². The van der Waals surface area contributed by atoms with E-state index < -0.39 is 8.32 Å². The number of rotatable bonds is 4.